The first-order valence-corrected chi connectivity index (χ1v) is 4.42. The predicted octanol–water partition coefficient (Wildman–Crippen LogP) is 1.99. The van der Waals surface area contributed by atoms with Crippen molar-refractivity contribution in [1.29, 1.82) is 0 Å². The van der Waals surface area contributed by atoms with E-state index in [9.17, 15) is 0 Å². The molecule has 2 rings (SSSR count). The molecule has 0 saturated carbocycles. The van der Waals surface area contributed by atoms with E-state index in [0.717, 1.165) is 5.69 Å². The molecule has 1 aromatic carbocycles. The second-order valence-electron chi connectivity index (χ2n) is 2.93. The molecule has 2 aromatic rings. The van der Waals surface area contributed by atoms with Crippen LogP contribution in [0.2, 0.25) is 0 Å². The number of hydrogen-bond acceptors (Lipinski definition) is 4. The largest absolute Gasteiger partial charge is 0.424 e. The summed E-state index contributed by atoms with van der Waals surface area (Å²) >= 11 is 0. The van der Waals surface area contributed by atoms with Crippen molar-refractivity contribution in [1.82, 2.24) is 10.2 Å². The van der Waals surface area contributed by atoms with E-state index in [2.05, 4.69) is 15.5 Å². The number of anilines is 1. The topological polar surface area (TPSA) is 51.0 Å². The lowest BCUT2D eigenvalue weighted by Gasteiger charge is -2.01. The fraction of sp³-hybridized carbons (Fsp3) is 0.200. The summed E-state index contributed by atoms with van der Waals surface area (Å²) in [6, 6.07) is 9.90. The molecule has 0 spiro atoms. The maximum atomic E-state index is 5.22. The van der Waals surface area contributed by atoms with Crippen molar-refractivity contribution >= 4 is 5.69 Å². The molecule has 0 aliphatic heterocycles. The average Bonchev–Trinajstić information content (AvgIpc) is 2.63. The van der Waals surface area contributed by atoms with Crippen LogP contribution < -0.4 is 5.32 Å². The van der Waals surface area contributed by atoms with Gasteiger partial charge in [0.15, 0.2) is 0 Å². The summed E-state index contributed by atoms with van der Waals surface area (Å²) in [4.78, 5) is 0. The highest BCUT2D eigenvalue weighted by molar-refractivity contribution is 5.42. The standard InChI is InChI=1S/C10H11N3O/c1-8-12-13-10(14-8)7-11-9-5-3-2-4-6-9/h2-6,11H,7H2,1H3. The highest BCUT2D eigenvalue weighted by Crippen LogP contribution is 2.07. The maximum absolute atomic E-state index is 5.22. The third-order valence-electron chi connectivity index (χ3n) is 1.79. The van der Waals surface area contributed by atoms with E-state index >= 15 is 0 Å². The summed E-state index contributed by atoms with van der Waals surface area (Å²) < 4.78 is 5.22. The van der Waals surface area contributed by atoms with Gasteiger partial charge in [0.05, 0.1) is 6.54 Å². The van der Waals surface area contributed by atoms with Crippen LogP contribution in [0.1, 0.15) is 11.8 Å². The zero-order valence-electron chi connectivity index (χ0n) is 7.90. The number of aromatic nitrogens is 2. The minimum absolute atomic E-state index is 0.560. The summed E-state index contributed by atoms with van der Waals surface area (Å²) in [5.74, 6) is 1.20. The third-order valence-corrected chi connectivity index (χ3v) is 1.79. The fourth-order valence-electron chi connectivity index (χ4n) is 1.14. The highest BCUT2D eigenvalue weighted by Gasteiger charge is 2.00. The van der Waals surface area contributed by atoms with E-state index in [4.69, 9.17) is 4.42 Å². The van der Waals surface area contributed by atoms with Crippen LogP contribution in [0.25, 0.3) is 0 Å². The zero-order valence-corrected chi connectivity index (χ0v) is 7.90. The van der Waals surface area contributed by atoms with Crippen LogP contribution in [-0.2, 0) is 6.54 Å². The first-order chi connectivity index (χ1) is 6.84. The molecule has 1 aromatic heterocycles. The summed E-state index contributed by atoms with van der Waals surface area (Å²) in [6.45, 7) is 2.34. The Balaban J connectivity index is 1.95. The second-order valence-corrected chi connectivity index (χ2v) is 2.93. The Labute approximate surface area is 82.0 Å². The number of nitrogens with zero attached hydrogens (tertiary/aromatic N) is 2. The van der Waals surface area contributed by atoms with Crippen molar-refractivity contribution in [2.24, 2.45) is 0 Å². The van der Waals surface area contributed by atoms with E-state index in [0.29, 0.717) is 18.3 Å². The monoisotopic (exact) mass is 189 g/mol. The van der Waals surface area contributed by atoms with Crippen LogP contribution >= 0.6 is 0 Å². The van der Waals surface area contributed by atoms with Gasteiger partial charge in [-0.05, 0) is 12.1 Å². The van der Waals surface area contributed by atoms with E-state index in [-0.39, 0.29) is 0 Å². The third kappa shape index (κ3) is 2.10. The van der Waals surface area contributed by atoms with Gasteiger partial charge in [-0.3, -0.25) is 0 Å². The fourth-order valence-corrected chi connectivity index (χ4v) is 1.14. The minimum atomic E-state index is 0.560. The molecule has 0 saturated heterocycles. The second kappa shape index (κ2) is 3.91. The Bertz CT molecular complexity index is 397. The first kappa shape index (κ1) is 8.74. The number of para-hydroxylation sites is 1. The van der Waals surface area contributed by atoms with Gasteiger partial charge in [-0.1, -0.05) is 18.2 Å². The van der Waals surface area contributed by atoms with Crippen LogP contribution in [0, 0.1) is 6.92 Å². The Hall–Kier alpha value is -1.84. The molecule has 0 bridgehead atoms. The van der Waals surface area contributed by atoms with Gasteiger partial charge >= 0.3 is 0 Å². The predicted molar refractivity (Wildman–Crippen MR) is 52.8 cm³/mol. The van der Waals surface area contributed by atoms with Crippen LogP contribution in [0.15, 0.2) is 34.7 Å². The van der Waals surface area contributed by atoms with Crippen LogP contribution in [0.4, 0.5) is 5.69 Å². The molecule has 0 unspecified atom stereocenters. The van der Waals surface area contributed by atoms with Gasteiger partial charge < -0.3 is 9.73 Å². The summed E-state index contributed by atoms with van der Waals surface area (Å²) in [5.41, 5.74) is 1.04. The smallest absolute Gasteiger partial charge is 0.235 e. The Kier molecular flexibility index (Phi) is 2.44. The first-order valence-electron chi connectivity index (χ1n) is 4.42. The molecule has 1 heterocycles. The average molecular weight is 189 g/mol. The number of aryl methyl sites for hydroxylation is 1. The van der Waals surface area contributed by atoms with E-state index in [1.54, 1.807) is 6.92 Å². The quantitative estimate of drug-likeness (QED) is 0.802. The lowest BCUT2D eigenvalue weighted by molar-refractivity contribution is 0.475. The van der Waals surface area contributed by atoms with Crippen LogP contribution in [0.5, 0.6) is 0 Å². The number of hydrogen-bond donors (Lipinski definition) is 1. The van der Waals surface area contributed by atoms with Crippen molar-refractivity contribution < 1.29 is 4.42 Å². The zero-order chi connectivity index (χ0) is 9.80. The van der Waals surface area contributed by atoms with Crippen molar-refractivity contribution in [2.75, 3.05) is 5.32 Å². The van der Waals surface area contributed by atoms with Gasteiger partial charge in [0.2, 0.25) is 11.8 Å². The normalized spacial score (nSPS) is 10.1. The number of benzene rings is 1. The SMILES string of the molecule is Cc1nnc(CNc2ccccc2)o1. The molecule has 0 fully saturated rings. The number of nitrogens with one attached hydrogen (secondary N) is 1. The van der Waals surface area contributed by atoms with Gasteiger partial charge in [-0.15, -0.1) is 10.2 Å². The molecule has 14 heavy (non-hydrogen) atoms. The molecule has 0 aliphatic rings. The maximum Gasteiger partial charge on any atom is 0.235 e. The molecule has 0 amide bonds. The minimum Gasteiger partial charge on any atom is -0.424 e. The molecule has 4 nitrogen and oxygen atoms in total. The van der Waals surface area contributed by atoms with Crippen molar-refractivity contribution in [3.05, 3.63) is 42.1 Å². The Morgan fingerprint density at radius 1 is 1.21 bits per heavy atom. The molecule has 0 atom stereocenters. The molecular weight excluding hydrogens is 178 g/mol. The van der Waals surface area contributed by atoms with Gasteiger partial charge in [0.1, 0.15) is 0 Å². The van der Waals surface area contributed by atoms with E-state index in [1.807, 2.05) is 30.3 Å². The summed E-state index contributed by atoms with van der Waals surface area (Å²) in [7, 11) is 0. The van der Waals surface area contributed by atoms with E-state index in [1.165, 1.54) is 0 Å². The molecule has 0 radical (unpaired) electrons. The Morgan fingerprint density at radius 3 is 2.64 bits per heavy atom. The lowest BCUT2D eigenvalue weighted by atomic mass is 10.3. The molecule has 4 heteroatoms. The number of rotatable bonds is 3. The Morgan fingerprint density at radius 2 is 2.00 bits per heavy atom. The van der Waals surface area contributed by atoms with E-state index < -0.39 is 0 Å². The molecular formula is C10H11N3O. The van der Waals surface area contributed by atoms with Gasteiger partial charge in [0.25, 0.3) is 0 Å². The van der Waals surface area contributed by atoms with Crippen LogP contribution in [-0.4, -0.2) is 10.2 Å². The molecule has 72 valence electrons. The highest BCUT2D eigenvalue weighted by atomic mass is 16.4. The van der Waals surface area contributed by atoms with Crippen LogP contribution in [0.3, 0.4) is 0 Å². The van der Waals surface area contributed by atoms with Gasteiger partial charge in [0, 0.05) is 12.6 Å². The summed E-state index contributed by atoms with van der Waals surface area (Å²) in [5, 5.41) is 10.8. The molecule has 0 aliphatic carbocycles. The summed E-state index contributed by atoms with van der Waals surface area (Å²) in [6.07, 6.45) is 0. The lowest BCUT2D eigenvalue weighted by Crippen LogP contribution is -1.99. The van der Waals surface area contributed by atoms with Gasteiger partial charge in [-0.2, -0.15) is 0 Å². The van der Waals surface area contributed by atoms with Crippen molar-refractivity contribution in [3.8, 4) is 0 Å². The van der Waals surface area contributed by atoms with Crippen molar-refractivity contribution in [3.63, 3.8) is 0 Å². The van der Waals surface area contributed by atoms with Gasteiger partial charge in [-0.25, -0.2) is 0 Å². The van der Waals surface area contributed by atoms with Crippen molar-refractivity contribution in [2.45, 2.75) is 13.5 Å². The molecule has 1 N–H and O–H groups in total.